The molecule has 2 aromatic heterocycles. The molecule has 1 fully saturated rings. The van der Waals surface area contributed by atoms with Crippen LogP contribution in [0.3, 0.4) is 0 Å². The van der Waals surface area contributed by atoms with E-state index in [1.165, 1.54) is 12.4 Å². The van der Waals surface area contributed by atoms with Crippen molar-refractivity contribution in [3.8, 4) is 0 Å². The molecule has 3 heterocycles. The summed E-state index contributed by atoms with van der Waals surface area (Å²) in [6.45, 7) is 4.05. The van der Waals surface area contributed by atoms with Crippen LogP contribution in [0.2, 0.25) is 5.02 Å². The van der Waals surface area contributed by atoms with Crippen LogP contribution in [0.25, 0.3) is 0 Å². The van der Waals surface area contributed by atoms with Gasteiger partial charge in [0.05, 0.1) is 10.7 Å². The summed E-state index contributed by atoms with van der Waals surface area (Å²) < 4.78 is 0. The number of carbonyl (C=O) groups is 2. The minimum Gasteiger partial charge on any atom is -0.370 e. The van der Waals surface area contributed by atoms with Crippen LogP contribution in [-0.2, 0) is 0 Å². The van der Waals surface area contributed by atoms with E-state index >= 15 is 0 Å². The van der Waals surface area contributed by atoms with Crippen molar-refractivity contribution in [2.75, 3.05) is 48.8 Å². The van der Waals surface area contributed by atoms with Crippen molar-refractivity contribution >= 4 is 40.6 Å². The highest BCUT2D eigenvalue weighted by Crippen LogP contribution is 2.20. The predicted molar refractivity (Wildman–Crippen MR) is 130 cm³/mol. The SMILES string of the molecule is CN1CCCN(c2ccc(C(=O)Nc3cccnc3C(=O)Nc3ccc(Cl)cn3)cc2)CC1. The van der Waals surface area contributed by atoms with Gasteiger partial charge in [-0.1, -0.05) is 11.6 Å². The summed E-state index contributed by atoms with van der Waals surface area (Å²) >= 11 is 5.83. The number of halogens is 1. The molecule has 170 valence electrons. The fraction of sp³-hybridized carbons (Fsp3) is 0.250. The van der Waals surface area contributed by atoms with Crippen LogP contribution in [0.4, 0.5) is 17.2 Å². The second kappa shape index (κ2) is 10.4. The molecule has 4 rings (SSSR count). The number of hydrogen-bond acceptors (Lipinski definition) is 6. The van der Waals surface area contributed by atoms with Crippen LogP contribution in [0.15, 0.2) is 60.9 Å². The first kappa shape index (κ1) is 22.7. The zero-order valence-electron chi connectivity index (χ0n) is 18.3. The number of anilines is 3. The van der Waals surface area contributed by atoms with E-state index in [4.69, 9.17) is 11.6 Å². The number of benzene rings is 1. The lowest BCUT2D eigenvalue weighted by atomic mass is 10.1. The minimum atomic E-state index is -0.484. The molecule has 8 nitrogen and oxygen atoms in total. The lowest BCUT2D eigenvalue weighted by Gasteiger charge is -2.23. The van der Waals surface area contributed by atoms with Crippen molar-refractivity contribution in [3.63, 3.8) is 0 Å². The van der Waals surface area contributed by atoms with Crippen LogP contribution >= 0.6 is 11.6 Å². The summed E-state index contributed by atoms with van der Waals surface area (Å²) in [6.07, 6.45) is 4.04. The molecule has 0 aliphatic carbocycles. The molecule has 9 heteroatoms. The molecule has 0 spiro atoms. The average Bonchev–Trinajstić information content (AvgIpc) is 3.05. The number of pyridine rings is 2. The Morgan fingerprint density at radius 2 is 1.73 bits per heavy atom. The van der Waals surface area contributed by atoms with Crippen molar-refractivity contribution in [2.45, 2.75) is 6.42 Å². The first-order chi connectivity index (χ1) is 16.0. The highest BCUT2D eigenvalue weighted by Gasteiger charge is 2.17. The summed E-state index contributed by atoms with van der Waals surface area (Å²) in [4.78, 5) is 38.4. The summed E-state index contributed by atoms with van der Waals surface area (Å²) in [5.74, 6) is -0.464. The maximum absolute atomic E-state index is 12.9. The number of carbonyl (C=O) groups excluding carboxylic acids is 2. The van der Waals surface area contributed by atoms with Gasteiger partial charge in [0, 0.05) is 43.3 Å². The largest absolute Gasteiger partial charge is 0.370 e. The van der Waals surface area contributed by atoms with Gasteiger partial charge >= 0.3 is 0 Å². The van der Waals surface area contributed by atoms with Crippen molar-refractivity contribution in [2.24, 2.45) is 0 Å². The third-order valence-electron chi connectivity index (χ3n) is 5.45. The Morgan fingerprint density at radius 1 is 0.909 bits per heavy atom. The van der Waals surface area contributed by atoms with E-state index < -0.39 is 5.91 Å². The van der Waals surface area contributed by atoms with E-state index in [-0.39, 0.29) is 11.6 Å². The monoisotopic (exact) mass is 464 g/mol. The molecule has 33 heavy (non-hydrogen) atoms. The molecular weight excluding hydrogens is 440 g/mol. The third-order valence-corrected chi connectivity index (χ3v) is 5.68. The van der Waals surface area contributed by atoms with Crippen LogP contribution in [-0.4, -0.2) is 59.9 Å². The quantitative estimate of drug-likeness (QED) is 0.597. The Hall–Kier alpha value is -3.49. The molecule has 1 aliphatic rings. The number of rotatable bonds is 5. The fourth-order valence-corrected chi connectivity index (χ4v) is 3.75. The van der Waals surface area contributed by atoms with Crippen molar-refractivity contribution < 1.29 is 9.59 Å². The fourth-order valence-electron chi connectivity index (χ4n) is 3.64. The van der Waals surface area contributed by atoms with Crippen LogP contribution in [0, 0.1) is 0 Å². The molecule has 0 unspecified atom stereocenters. The van der Waals surface area contributed by atoms with Gasteiger partial charge in [0.2, 0.25) is 0 Å². The summed E-state index contributed by atoms with van der Waals surface area (Å²) in [5.41, 5.74) is 2.00. The van der Waals surface area contributed by atoms with Gasteiger partial charge in [-0.3, -0.25) is 9.59 Å². The summed E-state index contributed by atoms with van der Waals surface area (Å²) in [5, 5.41) is 5.92. The standard InChI is InChI=1S/C24H25ClN6O2/c1-30-12-3-13-31(15-14-30)19-8-5-17(6-9-19)23(32)28-20-4-2-11-26-22(20)24(33)29-21-10-7-18(25)16-27-21/h2,4-11,16H,3,12-15H2,1H3,(H,28,32)(H,27,29,33). The molecule has 1 aromatic carbocycles. The first-order valence-corrected chi connectivity index (χ1v) is 11.1. The maximum atomic E-state index is 12.9. The van der Waals surface area contributed by atoms with E-state index in [0.717, 1.165) is 38.3 Å². The van der Waals surface area contributed by atoms with Gasteiger partial charge in [-0.15, -0.1) is 0 Å². The van der Waals surface area contributed by atoms with E-state index in [0.29, 0.717) is 22.1 Å². The number of nitrogens with zero attached hydrogens (tertiary/aromatic N) is 4. The van der Waals surface area contributed by atoms with Gasteiger partial charge < -0.3 is 20.4 Å². The van der Waals surface area contributed by atoms with Gasteiger partial charge in [0.1, 0.15) is 5.82 Å². The third kappa shape index (κ3) is 5.85. The first-order valence-electron chi connectivity index (χ1n) is 10.7. The molecule has 2 N–H and O–H groups in total. The second-order valence-corrected chi connectivity index (χ2v) is 8.30. The molecule has 0 bridgehead atoms. The van der Waals surface area contributed by atoms with Gasteiger partial charge in [0.15, 0.2) is 5.69 Å². The zero-order chi connectivity index (χ0) is 23.2. The van der Waals surface area contributed by atoms with Crippen molar-refractivity contribution in [1.29, 1.82) is 0 Å². The molecule has 0 atom stereocenters. The van der Waals surface area contributed by atoms with Gasteiger partial charge in [-0.2, -0.15) is 0 Å². The van der Waals surface area contributed by atoms with E-state index in [9.17, 15) is 9.59 Å². The van der Waals surface area contributed by atoms with Crippen LogP contribution < -0.4 is 15.5 Å². The predicted octanol–water partition coefficient (Wildman–Crippen LogP) is 3.78. The Balaban J connectivity index is 1.44. The molecule has 3 aromatic rings. The molecular formula is C24H25ClN6O2. The smallest absolute Gasteiger partial charge is 0.277 e. The van der Waals surface area contributed by atoms with Gasteiger partial charge in [0.25, 0.3) is 11.8 Å². The highest BCUT2D eigenvalue weighted by atomic mass is 35.5. The number of aromatic nitrogens is 2. The van der Waals surface area contributed by atoms with Crippen molar-refractivity contribution in [1.82, 2.24) is 14.9 Å². The molecule has 0 saturated carbocycles. The van der Waals surface area contributed by atoms with E-state index in [2.05, 4.69) is 37.4 Å². The normalized spacial score (nSPS) is 14.4. The number of nitrogens with one attached hydrogen (secondary N) is 2. The zero-order valence-corrected chi connectivity index (χ0v) is 19.0. The Morgan fingerprint density at radius 3 is 2.48 bits per heavy atom. The maximum Gasteiger partial charge on any atom is 0.277 e. The van der Waals surface area contributed by atoms with Crippen LogP contribution in [0.1, 0.15) is 27.3 Å². The minimum absolute atomic E-state index is 0.0907. The second-order valence-electron chi connectivity index (χ2n) is 7.86. The molecule has 2 amide bonds. The van der Waals surface area contributed by atoms with Gasteiger partial charge in [-0.05, 0) is 68.5 Å². The number of hydrogen-bond donors (Lipinski definition) is 2. The number of amides is 2. The lowest BCUT2D eigenvalue weighted by molar-refractivity contribution is 0.102. The lowest BCUT2D eigenvalue weighted by Crippen LogP contribution is -2.28. The summed E-state index contributed by atoms with van der Waals surface area (Å²) in [6, 6.07) is 14.0. The van der Waals surface area contributed by atoms with E-state index in [1.807, 2.05) is 12.1 Å². The molecule has 0 radical (unpaired) electrons. The Kier molecular flexibility index (Phi) is 7.16. The topological polar surface area (TPSA) is 90.5 Å². The number of likely N-dealkylation sites (N-methyl/N-ethyl adjacent to an activating group) is 1. The van der Waals surface area contributed by atoms with Crippen molar-refractivity contribution in [3.05, 3.63) is 77.2 Å². The van der Waals surface area contributed by atoms with E-state index in [1.54, 1.807) is 36.4 Å². The summed E-state index contributed by atoms with van der Waals surface area (Å²) in [7, 11) is 2.13. The van der Waals surface area contributed by atoms with Gasteiger partial charge in [-0.25, -0.2) is 9.97 Å². The molecule has 1 saturated heterocycles. The van der Waals surface area contributed by atoms with Crippen LogP contribution in [0.5, 0.6) is 0 Å². The average molecular weight is 465 g/mol. The Labute approximate surface area is 197 Å². The Bertz CT molecular complexity index is 1120. The molecule has 1 aliphatic heterocycles. The highest BCUT2D eigenvalue weighted by molar-refractivity contribution is 6.30.